The maximum absolute atomic E-state index is 13.6. The molecule has 0 radical (unpaired) electrons. The van der Waals surface area contributed by atoms with Crippen LogP contribution in [0.1, 0.15) is 42.3 Å². The molecule has 6 nitrogen and oxygen atoms in total. The van der Waals surface area contributed by atoms with Crippen molar-refractivity contribution in [3.8, 4) is 0 Å². The van der Waals surface area contributed by atoms with Gasteiger partial charge in [-0.25, -0.2) is 0 Å². The van der Waals surface area contributed by atoms with E-state index in [2.05, 4.69) is 5.32 Å². The van der Waals surface area contributed by atoms with Gasteiger partial charge in [0, 0.05) is 23.5 Å². The first-order valence-corrected chi connectivity index (χ1v) is 11.3. The molecule has 0 bridgehead atoms. The molecule has 0 aromatic heterocycles. The molecule has 0 aliphatic carbocycles. The maximum Gasteiger partial charge on any atom is 0.259 e. The number of rotatable bonds is 7. The lowest BCUT2D eigenvalue weighted by molar-refractivity contribution is -0.139. The topological polar surface area (TPSA) is 69.7 Å². The Labute approximate surface area is 194 Å². The van der Waals surface area contributed by atoms with Crippen LogP contribution >= 0.6 is 0 Å². The molecule has 0 saturated heterocycles. The van der Waals surface area contributed by atoms with E-state index in [1.165, 1.54) is 4.90 Å². The standard InChI is InChI=1S/C27H29N3O3/c1-17(2)28-26(32)19(4)29(15-21-10-6-5-9-18(21)3)24(31)16-30-23-14-8-12-20-11-7-13-22(25(20)23)27(30)33/h5-14,17,19H,15-16H2,1-4H3,(H,28,32)/t19-/m0/s1. The highest BCUT2D eigenvalue weighted by Gasteiger charge is 2.34. The zero-order valence-electron chi connectivity index (χ0n) is 19.5. The van der Waals surface area contributed by atoms with Gasteiger partial charge in [-0.15, -0.1) is 0 Å². The Morgan fingerprint density at radius 3 is 2.36 bits per heavy atom. The van der Waals surface area contributed by atoms with Crippen LogP contribution in [0.2, 0.25) is 0 Å². The summed E-state index contributed by atoms with van der Waals surface area (Å²) >= 11 is 0. The molecule has 0 unspecified atom stereocenters. The summed E-state index contributed by atoms with van der Waals surface area (Å²) in [5.41, 5.74) is 3.35. The van der Waals surface area contributed by atoms with Crippen molar-refractivity contribution in [1.82, 2.24) is 10.2 Å². The van der Waals surface area contributed by atoms with Gasteiger partial charge in [0.25, 0.3) is 5.91 Å². The molecule has 1 aliphatic heterocycles. The molecule has 0 saturated carbocycles. The Kier molecular flexibility index (Phi) is 6.18. The average molecular weight is 444 g/mol. The molecule has 0 fully saturated rings. The second kappa shape index (κ2) is 9.06. The predicted molar refractivity (Wildman–Crippen MR) is 130 cm³/mol. The molecule has 3 aromatic carbocycles. The molecule has 1 heterocycles. The van der Waals surface area contributed by atoms with Crippen molar-refractivity contribution in [1.29, 1.82) is 0 Å². The fourth-order valence-corrected chi connectivity index (χ4v) is 4.32. The number of hydrogen-bond donors (Lipinski definition) is 1. The van der Waals surface area contributed by atoms with E-state index in [0.29, 0.717) is 5.56 Å². The van der Waals surface area contributed by atoms with Gasteiger partial charge in [0.1, 0.15) is 12.6 Å². The number of benzene rings is 3. The van der Waals surface area contributed by atoms with Gasteiger partial charge in [0.05, 0.1) is 5.69 Å². The number of hydrogen-bond acceptors (Lipinski definition) is 3. The highest BCUT2D eigenvalue weighted by Crippen LogP contribution is 2.37. The van der Waals surface area contributed by atoms with E-state index in [1.807, 2.05) is 75.4 Å². The molecule has 3 amide bonds. The number of aryl methyl sites for hydroxylation is 1. The van der Waals surface area contributed by atoms with Crippen LogP contribution in [0, 0.1) is 6.92 Å². The van der Waals surface area contributed by atoms with Crippen LogP contribution in [0.4, 0.5) is 5.69 Å². The lowest BCUT2D eigenvalue weighted by Gasteiger charge is -2.31. The molecule has 1 N–H and O–H groups in total. The average Bonchev–Trinajstić information content (AvgIpc) is 3.05. The molecule has 1 atom stereocenters. The first kappa shape index (κ1) is 22.5. The van der Waals surface area contributed by atoms with Crippen molar-refractivity contribution < 1.29 is 14.4 Å². The van der Waals surface area contributed by atoms with E-state index in [4.69, 9.17) is 0 Å². The molecular weight excluding hydrogens is 414 g/mol. The van der Waals surface area contributed by atoms with Gasteiger partial charge in [0.2, 0.25) is 11.8 Å². The minimum Gasteiger partial charge on any atom is -0.352 e. The molecule has 170 valence electrons. The summed E-state index contributed by atoms with van der Waals surface area (Å²) in [7, 11) is 0. The zero-order chi connectivity index (χ0) is 23.7. The Morgan fingerprint density at radius 1 is 0.970 bits per heavy atom. The highest BCUT2D eigenvalue weighted by atomic mass is 16.2. The molecule has 0 spiro atoms. The summed E-state index contributed by atoms with van der Waals surface area (Å²) in [6, 6.07) is 18.4. The fourth-order valence-electron chi connectivity index (χ4n) is 4.32. The van der Waals surface area contributed by atoms with Crippen LogP contribution in [-0.4, -0.2) is 41.2 Å². The van der Waals surface area contributed by atoms with E-state index >= 15 is 0 Å². The van der Waals surface area contributed by atoms with E-state index in [9.17, 15) is 14.4 Å². The summed E-state index contributed by atoms with van der Waals surface area (Å²) in [4.78, 5) is 42.7. The molecule has 3 aromatic rings. The molecule has 33 heavy (non-hydrogen) atoms. The lowest BCUT2D eigenvalue weighted by Crippen LogP contribution is -2.52. The number of nitrogens with zero attached hydrogens (tertiary/aromatic N) is 2. The summed E-state index contributed by atoms with van der Waals surface area (Å²) in [6.07, 6.45) is 0. The van der Waals surface area contributed by atoms with Crippen molar-refractivity contribution in [3.05, 3.63) is 77.4 Å². The van der Waals surface area contributed by atoms with Crippen molar-refractivity contribution >= 4 is 34.2 Å². The summed E-state index contributed by atoms with van der Waals surface area (Å²) in [6.45, 7) is 7.65. The maximum atomic E-state index is 13.6. The quantitative estimate of drug-likeness (QED) is 0.599. The SMILES string of the molecule is Cc1ccccc1CN(C(=O)CN1C(=O)c2cccc3cccc1c23)[C@@H](C)C(=O)NC(C)C. The molecule has 6 heteroatoms. The molecule has 4 rings (SSSR count). The van der Waals surface area contributed by atoms with Gasteiger partial charge >= 0.3 is 0 Å². The Balaban J connectivity index is 1.64. The van der Waals surface area contributed by atoms with E-state index in [-0.39, 0.29) is 36.9 Å². The van der Waals surface area contributed by atoms with E-state index < -0.39 is 6.04 Å². The third-order valence-electron chi connectivity index (χ3n) is 6.14. The van der Waals surface area contributed by atoms with Crippen LogP contribution in [0.5, 0.6) is 0 Å². The van der Waals surface area contributed by atoms with Crippen LogP contribution in [0.3, 0.4) is 0 Å². The largest absolute Gasteiger partial charge is 0.352 e. The number of nitrogens with one attached hydrogen (secondary N) is 1. The summed E-state index contributed by atoms with van der Waals surface area (Å²) < 4.78 is 0. The first-order valence-electron chi connectivity index (χ1n) is 11.3. The fraction of sp³-hybridized carbons (Fsp3) is 0.296. The van der Waals surface area contributed by atoms with Gasteiger partial charge < -0.3 is 10.2 Å². The minimum absolute atomic E-state index is 0.0392. The van der Waals surface area contributed by atoms with Crippen molar-refractivity contribution in [2.24, 2.45) is 0 Å². The van der Waals surface area contributed by atoms with Gasteiger partial charge in [-0.2, -0.15) is 0 Å². The lowest BCUT2D eigenvalue weighted by atomic mass is 10.1. The summed E-state index contributed by atoms with van der Waals surface area (Å²) in [5.74, 6) is -0.682. The van der Waals surface area contributed by atoms with Crippen molar-refractivity contribution in [2.75, 3.05) is 11.4 Å². The normalized spacial score (nSPS) is 13.5. The third kappa shape index (κ3) is 4.33. The van der Waals surface area contributed by atoms with Gasteiger partial charge in [-0.05, 0) is 56.3 Å². The Bertz CT molecular complexity index is 1230. The number of carbonyl (C=O) groups is 3. The van der Waals surface area contributed by atoms with Gasteiger partial charge in [-0.1, -0.05) is 48.5 Å². The van der Waals surface area contributed by atoms with Crippen molar-refractivity contribution in [2.45, 2.75) is 46.3 Å². The van der Waals surface area contributed by atoms with E-state index in [0.717, 1.165) is 27.6 Å². The second-order valence-electron chi connectivity index (χ2n) is 8.86. The number of anilines is 1. The smallest absolute Gasteiger partial charge is 0.259 e. The minimum atomic E-state index is -0.685. The van der Waals surface area contributed by atoms with Crippen molar-refractivity contribution in [3.63, 3.8) is 0 Å². The highest BCUT2D eigenvalue weighted by molar-refractivity contribution is 6.26. The zero-order valence-corrected chi connectivity index (χ0v) is 19.5. The Hall–Kier alpha value is -3.67. The summed E-state index contributed by atoms with van der Waals surface area (Å²) in [5, 5.41) is 4.73. The second-order valence-corrected chi connectivity index (χ2v) is 8.86. The van der Waals surface area contributed by atoms with E-state index in [1.54, 1.807) is 17.9 Å². The Morgan fingerprint density at radius 2 is 1.67 bits per heavy atom. The third-order valence-corrected chi connectivity index (χ3v) is 6.14. The van der Waals surface area contributed by atoms with Crippen LogP contribution in [0.25, 0.3) is 10.8 Å². The van der Waals surface area contributed by atoms with Gasteiger partial charge in [-0.3, -0.25) is 19.3 Å². The predicted octanol–water partition coefficient (Wildman–Crippen LogP) is 4.05. The van der Waals surface area contributed by atoms with Crippen LogP contribution in [0.15, 0.2) is 60.7 Å². The van der Waals surface area contributed by atoms with Crippen LogP contribution < -0.4 is 10.2 Å². The first-order chi connectivity index (χ1) is 15.8. The molecular formula is C27H29N3O3. The monoisotopic (exact) mass is 443 g/mol. The number of carbonyl (C=O) groups excluding carboxylic acids is 3. The van der Waals surface area contributed by atoms with Crippen LogP contribution in [-0.2, 0) is 16.1 Å². The van der Waals surface area contributed by atoms with Gasteiger partial charge in [0.15, 0.2) is 0 Å². The molecule has 1 aliphatic rings. The number of amides is 3.